The average Bonchev–Trinajstić information content (AvgIpc) is 2.85. The predicted octanol–water partition coefficient (Wildman–Crippen LogP) is 2.66. The SMILES string of the molecule is CC(C)(C)OC(=O)N1CC[C@H](OCc2nccnc2Cl)C1. The van der Waals surface area contributed by atoms with Gasteiger partial charge in [0, 0.05) is 18.9 Å². The highest BCUT2D eigenvalue weighted by Crippen LogP contribution is 2.19. The van der Waals surface area contributed by atoms with Crippen LogP contribution in [0, 0.1) is 0 Å². The van der Waals surface area contributed by atoms with Crippen molar-refractivity contribution in [3.05, 3.63) is 23.2 Å². The molecule has 0 aliphatic carbocycles. The Balaban J connectivity index is 1.80. The first-order chi connectivity index (χ1) is 9.85. The van der Waals surface area contributed by atoms with Crippen molar-refractivity contribution >= 4 is 17.7 Å². The Kier molecular flexibility index (Phi) is 5.00. The van der Waals surface area contributed by atoms with Crippen molar-refractivity contribution in [2.45, 2.75) is 45.5 Å². The number of nitrogens with zero attached hydrogens (tertiary/aromatic N) is 3. The van der Waals surface area contributed by atoms with Gasteiger partial charge in [-0.3, -0.25) is 4.98 Å². The van der Waals surface area contributed by atoms with Crippen LogP contribution in [0.1, 0.15) is 32.9 Å². The fourth-order valence-electron chi connectivity index (χ4n) is 2.00. The van der Waals surface area contributed by atoms with E-state index in [1.54, 1.807) is 11.1 Å². The van der Waals surface area contributed by atoms with Crippen molar-refractivity contribution in [1.82, 2.24) is 14.9 Å². The fourth-order valence-corrected chi connectivity index (χ4v) is 2.16. The van der Waals surface area contributed by atoms with Gasteiger partial charge in [-0.2, -0.15) is 0 Å². The molecule has 0 bridgehead atoms. The first-order valence-corrected chi connectivity index (χ1v) is 7.28. The van der Waals surface area contributed by atoms with Gasteiger partial charge in [0.15, 0.2) is 5.15 Å². The van der Waals surface area contributed by atoms with Crippen LogP contribution in [0.4, 0.5) is 4.79 Å². The Morgan fingerprint density at radius 2 is 2.14 bits per heavy atom. The molecule has 0 unspecified atom stereocenters. The summed E-state index contributed by atoms with van der Waals surface area (Å²) in [5, 5.41) is 0.347. The van der Waals surface area contributed by atoms with E-state index in [1.165, 1.54) is 6.20 Å². The second kappa shape index (κ2) is 6.58. The lowest BCUT2D eigenvalue weighted by atomic mass is 10.2. The Labute approximate surface area is 129 Å². The van der Waals surface area contributed by atoms with Gasteiger partial charge in [0.25, 0.3) is 0 Å². The number of halogens is 1. The third-order valence-electron chi connectivity index (χ3n) is 2.98. The first kappa shape index (κ1) is 16.0. The maximum absolute atomic E-state index is 11.9. The second-order valence-corrected chi connectivity index (χ2v) is 6.30. The van der Waals surface area contributed by atoms with Gasteiger partial charge in [0.1, 0.15) is 11.3 Å². The number of aromatic nitrogens is 2. The normalized spacial score (nSPS) is 18.9. The van der Waals surface area contributed by atoms with Crippen LogP contribution < -0.4 is 0 Å². The van der Waals surface area contributed by atoms with Gasteiger partial charge in [0.2, 0.25) is 0 Å². The molecule has 7 heteroatoms. The van der Waals surface area contributed by atoms with Crippen LogP contribution in [0.3, 0.4) is 0 Å². The molecule has 0 spiro atoms. The maximum atomic E-state index is 11.9. The van der Waals surface area contributed by atoms with Crippen LogP contribution in [0.15, 0.2) is 12.4 Å². The fraction of sp³-hybridized carbons (Fsp3) is 0.643. The van der Waals surface area contributed by atoms with Crippen molar-refractivity contribution in [2.24, 2.45) is 0 Å². The third kappa shape index (κ3) is 4.82. The molecule has 1 fully saturated rings. The molecule has 0 N–H and O–H groups in total. The summed E-state index contributed by atoms with van der Waals surface area (Å²) in [5.74, 6) is 0. The van der Waals surface area contributed by atoms with Crippen LogP contribution in [-0.4, -0.2) is 45.8 Å². The lowest BCUT2D eigenvalue weighted by Gasteiger charge is -2.24. The molecule has 1 aliphatic rings. The Morgan fingerprint density at radius 3 is 2.81 bits per heavy atom. The number of carbonyl (C=O) groups is 1. The number of hydrogen-bond donors (Lipinski definition) is 0. The molecule has 1 aromatic heterocycles. The van der Waals surface area contributed by atoms with Crippen LogP contribution in [0.2, 0.25) is 5.15 Å². The monoisotopic (exact) mass is 313 g/mol. The van der Waals surface area contributed by atoms with E-state index in [1.807, 2.05) is 20.8 Å². The van der Waals surface area contributed by atoms with Gasteiger partial charge in [0.05, 0.1) is 19.3 Å². The number of likely N-dealkylation sites (tertiary alicyclic amines) is 1. The topological polar surface area (TPSA) is 64.5 Å². The highest BCUT2D eigenvalue weighted by atomic mass is 35.5. The molecule has 1 aromatic rings. The van der Waals surface area contributed by atoms with Gasteiger partial charge in [-0.05, 0) is 27.2 Å². The highest BCUT2D eigenvalue weighted by molar-refractivity contribution is 6.29. The molecule has 1 amide bonds. The zero-order valence-electron chi connectivity index (χ0n) is 12.5. The molecule has 2 heterocycles. The molecule has 0 aromatic carbocycles. The zero-order chi connectivity index (χ0) is 15.5. The molecular weight excluding hydrogens is 294 g/mol. The number of rotatable bonds is 3. The van der Waals surface area contributed by atoms with Crippen molar-refractivity contribution in [1.29, 1.82) is 0 Å². The molecule has 1 aliphatic heterocycles. The highest BCUT2D eigenvalue weighted by Gasteiger charge is 2.30. The van der Waals surface area contributed by atoms with Crippen LogP contribution in [-0.2, 0) is 16.1 Å². The van der Waals surface area contributed by atoms with Crippen molar-refractivity contribution in [3.63, 3.8) is 0 Å². The maximum Gasteiger partial charge on any atom is 0.410 e. The van der Waals surface area contributed by atoms with Gasteiger partial charge >= 0.3 is 6.09 Å². The quantitative estimate of drug-likeness (QED) is 0.858. The summed E-state index contributed by atoms with van der Waals surface area (Å²) in [5.41, 5.74) is 0.123. The second-order valence-electron chi connectivity index (χ2n) is 5.94. The van der Waals surface area contributed by atoms with E-state index >= 15 is 0 Å². The Bertz CT molecular complexity index is 504. The minimum absolute atomic E-state index is 0.0319. The van der Waals surface area contributed by atoms with Crippen LogP contribution in [0.5, 0.6) is 0 Å². The molecular formula is C14H20ClN3O3. The summed E-state index contributed by atoms with van der Waals surface area (Å²) >= 11 is 5.92. The average molecular weight is 314 g/mol. The number of ether oxygens (including phenoxy) is 2. The Hall–Kier alpha value is -1.40. The molecule has 21 heavy (non-hydrogen) atoms. The van der Waals surface area contributed by atoms with E-state index in [2.05, 4.69) is 9.97 Å². The predicted molar refractivity (Wildman–Crippen MR) is 78.0 cm³/mol. The summed E-state index contributed by atoms with van der Waals surface area (Å²) in [6, 6.07) is 0. The van der Waals surface area contributed by atoms with E-state index in [0.717, 1.165) is 6.42 Å². The molecule has 1 atom stereocenters. The molecule has 6 nitrogen and oxygen atoms in total. The smallest absolute Gasteiger partial charge is 0.410 e. The lowest BCUT2D eigenvalue weighted by molar-refractivity contribution is 0.0179. The number of amides is 1. The zero-order valence-corrected chi connectivity index (χ0v) is 13.3. The van der Waals surface area contributed by atoms with Crippen molar-refractivity contribution < 1.29 is 14.3 Å². The molecule has 0 radical (unpaired) electrons. The molecule has 2 rings (SSSR count). The summed E-state index contributed by atoms with van der Waals surface area (Å²) < 4.78 is 11.1. The van der Waals surface area contributed by atoms with E-state index in [0.29, 0.717) is 30.5 Å². The molecule has 0 saturated carbocycles. The first-order valence-electron chi connectivity index (χ1n) is 6.90. The molecule has 1 saturated heterocycles. The largest absolute Gasteiger partial charge is 0.444 e. The standard InChI is InChI=1S/C14H20ClN3O3/c1-14(2,3)21-13(19)18-7-4-10(8-18)20-9-11-12(15)17-6-5-16-11/h5-6,10H,4,7-9H2,1-3H3/t10-/m0/s1. The van der Waals surface area contributed by atoms with E-state index in [9.17, 15) is 4.79 Å². The van der Waals surface area contributed by atoms with Gasteiger partial charge < -0.3 is 14.4 Å². The summed E-state index contributed by atoms with van der Waals surface area (Å²) in [6.45, 7) is 7.00. The van der Waals surface area contributed by atoms with E-state index in [4.69, 9.17) is 21.1 Å². The summed E-state index contributed by atoms with van der Waals surface area (Å²) in [7, 11) is 0. The summed E-state index contributed by atoms with van der Waals surface area (Å²) in [6.07, 6.45) is 3.55. The van der Waals surface area contributed by atoms with Crippen molar-refractivity contribution in [3.8, 4) is 0 Å². The van der Waals surface area contributed by atoms with Crippen LogP contribution in [0.25, 0.3) is 0 Å². The Morgan fingerprint density at radius 1 is 1.43 bits per heavy atom. The van der Waals surface area contributed by atoms with E-state index in [-0.39, 0.29) is 12.2 Å². The van der Waals surface area contributed by atoms with Gasteiger partial charge in [-0.1, -0.05) is 11.6 Å². The van der Waals surface area contributed by atoms with Gasteiger partial charge in [-0.25, -0.2) is 9.78 Å². The lowest BCUT2D eigenvalue weighted by Crippen LogP contribution is -2.36. The minimum Gasteiger partial charge on any atom is -0.444 e. The molecule has 116 valence electrons. The minimum atomic E-state index is -0.483. The van der Waals surface area contributed by atoms with E-state index < -0.39 is 5.60 Å². The van der Waals surface area contributed by atoms with Gasteiger partial charge in [-0.15, -0.1) is 0 Å². The summed E-state index contributed by atoms with van der Waals surface area (Å²) in [4.78, 5) is 21.7. The number of hydrogen-bond acceptors (Lipinski definition) is 5. The third-order valence-corrected chi connectivity index (χ3v) is 3.29. The van der Waals surface area contributed by atoms with Crippen LogP contribution >= 0.6 is 11.6 Å². The number of carbonyl (C=O) groups excluding carboxylic acids is 1. The van der Waals surface area contributed by atoms with Crippen molar-refractivity contribution in [2.75, 3.05) is 13.1 Å².